The van der Waals surface area contributed by atoms with Crippen LogP contribution in [0, 0.1) is 11.3 Å². The average molecular weight is 311 g/mol. The summed E-state index contributed by atoms with van der Waals surface area (Å²) in [5, 5.41) is 0. The van der Waals surface area contributed by atoms with Crippen molar-refractivity contribution < 1.29 is 9.53 Å². The quantitative estimate of drug-likeness (QED) is 0.814. The van der Waals surface area contributed by atoms with Gasteiger partial charge in [0.25, 0.3) is 0 Å². The summed E-state index contributed by atoms with van der Waals surface area (Å²) in [6.45, 7) is 1.31. The van der Waals surface area contributed by atoms with Crippen LogP contribution in [0.2, 0.25) is 0 Å². The van der Waals surface area contributed by atoms with Gasteiger partial charge in [-0.1, -0.05) is 25.7 Å². The Morgan fingerprint density at radius 2 is 1.95 bits per heavy atom. The summed E-state index contributed by atoms with van der Waals surface area (Å²) in [5.74, 6) is 2.93. The summed E-state index contributed by atoms with van der Waals surface area (Å²) < 4.78 is 6.08. The molecule has 2 heterocycles. The fourth-order valence-electron chi connectivity index (χ4n) is 4.50. The van der Waals surface area contributed by atoms with Crippen LogP contribution < -0.4 is 5.73 Å². The number of ether oxygens (including phenoxy) is 1. The molecule has 2 aliphatic heterocycles. The van der Waals surface area contributed by atoms with Gasteiger partial charge in [0.05, 0.1) is 5.60 Å². The van der Waals surface area contributed by atoms with Crippen molar-refractivity contribution in [3.05, 3.63) is 0 Å². The molecule has 3 aliphatic rings. The lowest BCUT2D eigenvalue weighted by atomic mass is 9.69. The van der Waals surface area contributed by atoms with Crippen molar-refractivity contribution in [2.75, 3.05) is 24.7 Å². The Kier molecular flexibility index (Phi) is 4.97. The lowest BCUT2D eigenvalue weighted by Crippen LogP contribution is -2.48. The molecule has 0 aromatic rings. The Balaban J connectivity index is 1.73. The van der Waals surface area contributed by atoms with Gasteiger partial charge in [0.15, 0.2) is 0 Å². The normalized spacial score (nSPS) is 36.5. The Labute approximate surface area is 132 Å². The molecule has 120 valence electrons. The van der Waals surface area contributed by atoms with Gasteiger partial charge in [-0.15, -0.1) is 0 Å². The molecule has 3 rings (SSSR count). The van der Waals surface area contributed by atoms with Crippen LogP contribution in [-0.2, 0) is 9.53 Å². The van der Waals surface area contributed by atoms with E-state index in [0.29, 0.717) is 12.3 Å². The van der Waals surface area contributed by atoms with E-state index in [1.54, 1.807) is 0 Å². The second-order valence-electron chi connectivity index (χ2n) is 7.29. The number of carbonyl (C=O) groups is 1. The zero-order chi connectivity index (χ0) is 14.8. The van der Waals surface area contributed by atoms with Crippen LogP contribution in [0.25, 0.3) is 0 Å². The number of hydrogen-bond acceptors (Lipinski definition) is 4. The van der Waals surface area contributed by atoms with Crippen LogP contribution >= 0.6 is 11.8 Å². The molecule has 0 aromatic carbocycles. The van der Waals surface area contributed by atoms with E-state index in [9.17, 15) is 4.79 Å². The van der Waals surface area contributed by atoms with Gasteiger partial charge in [0.2, 0.25) is 0 Å². The molecule has 0 aromatic heterocycles. The number of rotatable bonds is 3. The first-order valence-electron chi connectivity index (χ1n) is 8.66. The zero-order valence-electron chi connectivity index (χ0n) is 13.1. The number of thioether (sulfide) groups is 1. The van der Waals surface area contributed by atoms with Gasteiger partial charge in [0.1, 0.15) is 5.78 Å². The molecule has 2 unspecified atom stereocenters. The van der Waals surface area contributed by atoms with Crippen LogP contribution in [0.3, 0.4) is 0 Å². The highest BCUT2D eigenvalue weighted by Gasteiger charge is 2.47. The van der Waals surface area contributed by atoms with Crippen molar-refractivity contribution in [2.24, 2.45) is 17.1 Å². The zero-order valence-corrected chi connectivity index (χ0v) is 13.9. The monoisotopic (exact) mass is 311 g/mol. The van der Waals surface area contributed by atoms with E-state index in [-0.39, 0.29) is 16.9 Å². The third kappa shape index (κ3) is 3.18. The summed E-state index contributed by atoms with van der Waals surface area (Å²) in [4.78, 5) is 13.3. The van der Waals surface area contributed by atoms with Gasteiger partial charge in [-0.05, 0) is 37.9 Å². The first-order valence-corrected chi connectivity index (χ1v) is 9.81. The van der Waals surface area contributed by atoms with Crippen molar-refractivity contribution >= 4 is 17.5 Å². The molecule has 3 nitrogen and oxygen atoms in total. The third-order valence-electron chi connectivity index (χ3n) is 5.90. The van der Waals surface area contributed by atoms with Crippen molar-refractivity contribution in [1.82, 2.24) is 0 Å². The maximum Gasteiger partial charge on any atom is 0.143 e. The molecule has 3 fully saturated rings. The lowest BCUT2D eigenvalue weighted by Gasteiger charge is -2.41. The molecule has 1 aliphatic carbocycles. The second kappa shape index (κ2) is 6.59. The highest BCUT2D eigenvalue weighted by Crippen LogP contribution is 2.45. The van der Waals surface area contributed by atoms with Crippen LogP contribution in [-0.4, -0.2) is 36.0 Å². The van der Waals surface area contributed by atoms with Crippen molar-refractivity contribution in [3.63, 3.8) is 0 Å². The van der Waals surface area contributed by atoms with Gasteiger partial charge in [-0.25, -0.2) is 0 Å². The SMILES string of the molecule is NCC1(C(=O)C2CCOC3(CCSC3)C2)CCCCCC1. The summed E-state index contributed by atoms with van der Waals surface area (Å²) in [6, 6.07) is 0. The molecular formula is C17H29NO2S. The van der Waals surface area contributed by atoms with E-state index in [1.165, 1.54) is 31.4 Å². The van der Waals surface area contributed by atoms with Gasteiger partial charge >= 0.3 is 0 Å². The summed E-state index contributed by atoms with van der Waals surface area (Å²) in [7, 11) is 0. The van der Waals surface area contributed by atoms with E-state index in [4.69, 9.17) is 10.5 Å². The smallest absolute Gasteiger partial charge is 0.143 e. The van der Waals surface area contributed by atoms with Crippen molar-refractivity contribution in [1.29, 1.82) is 0 Å². The van der Waals surface area contributed by atoms with Gasteiger partial charge in [-0.3, -0.25) is 4.79 Å². The van der Waals surface area contributed by atoms with Crippen LogP contribution in [0.4, 0.5) is 0 Å². The predicted octanol–water partition coefficient (Wildman–Crippen LogP) is 3.16. The molecular weight excluding hydrogens is 282 g/mol. The highest BCUT2D eigenvalue weighted by molar-refractivity contribution is 7.99. The van der Waals surface area contributed by atoms with E-state index in [1.807, 2.05) is 11.8 Å². The molecule has 2 saturated heterocycles. The van der Waals surface area contributed by atoms with Gasteiger partial charge < -0.3 is 10.5 Å². The summed E-state index contributed by atoms with van der Waals surface area (Å²) in [5.41, 5.74) is 5.89. The topological polar surface area (TPSA) is 52.3 Å². The molecule has 2 N–H and O–H groups in total. The van der Waals surface area contributed by atoms with E-state index in [2.05, 4.69) is 0 Å². The first-order chi connectivity index (χ1) is 10.2. The molecule has 1 spiro atoms. The number of nitrogens with two attached hydrogens (primary N) is 1. The molecule has 1 saturated carbocycles. The Hall–Kier alpha value is -0.0600. The molecule has 0 bridgehead atoms. The predicted molar refractivity (Wildman–Crippen MR) is 87.5 cm³/mol. The van der Waals surface area contributed by atoms with Crippen LogP contribution in [0.15, 0.2) is 0 Å². The van der Waals surface area contributed by atoms with E-state index >= 15 is 0 Å². The lowest BCUT2D eigenvalue weighted by molar-refractivity contribution is -0.144. The van der Waals surface area contributed by atoms with E-state index in [0.717, 1.165) is 44.5 Å². The van der Waals surface area contributed by atoms with E-state index < -0.39 is 0 Å². The average Bonchev–Trinajstić information content (AvgIpc) is 2.82. The number of carbonyl (C=O) groups excluding carboxylic acids is 1. The number of hydrogen-bond donors (Lipinski definition) is 1. The minimum Gasteiger partial charge on any atom is -0.374 e. The highest BCUT2D eigenvalue weighted by atomic mass is 32.2. The Morgan fingerprint density at radius 3 is 2.57 bits per heavy atom. The minimum atomic E-state index is -0.217. The largest absolute Gasteiger partial charge is 0.374 e. The molecule has 21 heavy (non-hydrogen) atoms. The summed E-state index contributed by atoms with van der Waals surface area (Å²) in [6.07, 6.45) is 9.89. The fraction of sp³-hybridized carbons (Fsp3) is 0.941. The maximum atomic E-state index is 13.3. The maximum absolute atomic E-state index is 13.3. The van der Waals surface area contributed by atoms with Gasteiger partial charge in [0, 0.05) is 30.2 Å². The fourth-order valence-corrected chi connectivity index (χ4v) is 5.88. The first kappa shape index (κ1) is 15.8. The molecule has 0 amide bonds. The van der Waals surface area contributed by atoms with Gasteiger partial charge in [-0.2, -0.15) is 11.8 Å². The standard InChI is InChI=1S/C17H29NO2S/c18-12-16(6-3-1-2-4-7-16)15(19)14-5-9-20-17(11-14)8-10-21-13-17/h14H,1-13,18H2. The molecule has 2 atom stereocenters. The third-order valence-corrected chi connectivity index (χ3v) is 7.13. The van der Waals surface area contributed by atoms with Crippen molar-refractivity contribution in [3.8, 4) is 0 Å². The minimum absolute atomic E-state index is 0.00373. The number of ketones is 1. The Morgan fingerprint density at radius 1 is 1.19 bits per heavy atom. The second-order valence-corrected chi connectivity index (χ2v) is 8.39. The van der Waals surface area contributed by atoms with Crippen LogP contribution in [0.5, 0.6) is 0 Å². The summed E-state index contributed by atoms with van der Waals surface area (Å²) >= 11 is 1.98. The Bertz CT molecular complexity index is 371. The molecule has 4 heteroatoms. The molecule has 0 radical (unpaired) electrons. The van der Waals surface area contributed by atoms with Crippen LogP contribution in [0.1, 0.15) is 57.8 Å². The number of Topliss-reactive ketones (excluding diaryl/α,β-unsaturated/α-hetero) is 1. The van der Waals surface area contributed by atoms with Crippen molar-refractivity contribution in [2.45, 2.75) is 63.4 Å².